The molecule has 5 nitrogen and oxygen atoms in total. The van der Waals surface area contributed by atoms with Gasteiger partial charge in [-0.3, -0.25) is 10.1 Å². The lowest BCUT2D eigenvalue weighted by Crippen LogP contribution is -2.32. The van der Waals surface area contributed by atoms with Crippen LogP contribution in [0.15, 0.2) is 54.6 Å². The summed E-state index contributed by atoms with van der Waals surface area (Å²) in [4.78, 5) is 10.5. The Hall–Kier alpha value is -3.21. The highest BCUT2D eigenvalue weighted by Gasteiger charge is 2.10. The Balaban J connectivity index is 1.93. The van der Waals surface area contributed by atoms with Gasteiger partial charge in [0.15, 0.2) is 0 Å². The SMILES string of the molecule is CCOc1ccc2c(ccc(C=Cc3cccc([N+](=O)[O-])c3)[n+]2C)c1. The molecule has 126 valence electrons. The van der Waals surface area contributed by atoms with Gasteiger partial charge in [-0.15, -0.1) is 0 Å². The second kappa shape index (κ2) is 7.13. The molecule has 0 radical (unpaired) electrons. The van der Waals surface area contributed by atoms with Crippen LogP contribution in [0.1, 0.15) is 18.2 Å². The number of nitro groups is 1. The van der Waals surface area contributed by atoms with Gasteiger partial charge in [-0.25, -0.2) is 0 Å². The van der Waals surface area contributed by atoms with Crippen LogP contribution in [-0.4, -0.2) is 11.5 Å². The summed E-state index contributed by atoms with van der Waals surface area (Å²) in [5, 5.41) is 12.0. The van der Waals surface area contributed by atoms with Gasteiger partial charge >= 0.3 is 0 Å². The van der Waals surface area contributed by atoms with E-state index in [1.807, 2.05) is 62.5 Å². The van der Waals surface area contributed by atoms with E-state index in [2.05, 4.69) is 4.57 Å². The van der Waals surface area contributed by atoms with E-state index < -0.39 is 0 Å². The molecule has 0 fully saturated rings. The number of benzene rings is 2. The second-order valence-corrected chi connectivity index (χ2v) is 5.66. The van der Waals surface area contributed by atoms with Crippen LogP contribution in [0, 0.1) is 10.1 Å². The fraction of sp³-hybridized carbons (Fsp3) is 0.150. The van der Waals surface area contributed by atoms with E-state index in [0.717, 1.165) is 27.9 Å². The zero-order valence-corrected chi connectivity index (χ0v) is 14.2. The molecule has 0 aliphatic heterocycles. The molecule has 5 heteroatoms. The Morgan fingerprint density at radius 1 is 1.12 bits per heavy atom. The summed E-state index contributed by atoms with van der Waals surface area (Å²) in [5.74, 6) is 0.856. The molecule has 0 saturated heterocycles. The van der Waals surface area contributed by atoms with E-state index >= 15 is 0 Å². The van der Waals surface area contributed by atoms with E-state index in [-0.39, 0.29) is 10.6 Å². The average Bonchev–Trinajstić information content (AvgIpc) is 2.62. The van der Waals surface area contributed by atoms with Gasteiger partial charge in [0.25, 0.3) is 5.69 Å². The standard InChI is InChI=1S/C20H19N2O3/c1-3-25-19-11-12-20-16(14-19)8-10-17(21(20)2)9-7-15-5-4-6-18(13-15)22(23)24/h4-14H,3H2,1-2H3/q+1. The smallest absolute Gasteiger partial charge is 0.270 e. The minimum atomic E-state index is -0.386. The van der Waals surface area contributed by atoms with Crippen molar-refractivity contribution in [3.05, 3.63) is 76.0 Å². The molecular weight excluding hydrogens is 316 g/mol. The first-order valence-corrected chi connectivity index (χ1v) is 8.06. The van der Waals surface area contributed by atoms with Crippen molar-refractivity contribution in [2.45, 2.75) is 6.92 Å². The molecule has 0 amide bonds. The van der Waals surface area contributed by atoms with Crippen molar-refractivity contribution >= 4 is 28.7 Å². The lowest BCUT2D eigenvalue weighted by Gasteiger charge is -2.04. The minimum absolute atomic E-state index is 0.0912. The van der Waals surface area contributed by atoms with Gasteiger partial charge in [0.2, 0.25) is 11.2 Å². The maximum absolute atomic E-state index is 10.9. The summed E-state index contributed by atoms with van der Waals surface area (Å²) in [6.07, 6.45) is 3.83. The van der Waals surface area contributed by atoms with Crippen LogP contribution in [0.2, 0.25) is 0 Å². The summed E-state index contributed by atoms with van der Waals surface area (Å²) < 4.78 is 7.62. The minimum Gasteiger partial charge on any atom is -0.494 e. The number of nitrogens with zero attached hydrogens (tertiary/aromatic N) is 2. The van der Waals surface area contributed by atoms with Crippen molar-refractivity contribution in [3.8, 4) is 5.75 Å². The zero-order chi connectivity index (χ0) is 17.8. The first-order valence-electron chi connectivity index (χ1n) is 8.06. The molecule has 3 aromatic rings. The molecule has 3 rings (SSSR count). The summed E-state index contributed by atoms with van der Waals surface area (Å²) in [6, 6.07) is 16.7. The van der Waals surface area contributed by atoms with Crippen LogP contribution in [0.5, 0.6) is 5.75 Å². The largest absolute Gasteiger partial charge is 0.494 e. The van der Waals surface area contributed by atoms with E-state index in [9.17, 15) is 10.1 Å². The van der Waals surface area contributed by atoms with E-state index in [0.29, 0.717) is 6.61 Å². The van der Waals surface area contributed by atoms with E-state index in [1.165, 1.54) is 6.07 Å². The van der Waals surface area contributed by atoms with Gasteiger partial charge in [0, 0.05) is 30.3 Å². The average molecular weight is 335 g/mol. The molecular formula is C20H19N2O3+. The Kier molecular flexibility index (Phi) is 4.75. The Morgan fingerprint density at radius 2 is 1.96 bits per heavy atom. The number of aryl methyl sites for hydroxylation is 1. The Morgan fingerprint density at radius 3 is 2.72 bits per heavy atom. The van der Waals surface area contributed by atoms with Crippen LogP contribution >= 0.6 is 0 Å². The van der Waals surface area contributed by atoms with Crippen molar-refractivity contribution in [1.82, 2.24) is 0 Å². The maximum Gasteiger partial charge on any atom is 0.270 e. The van der Waals surface area contributed by atoms with Gasteiger partial charge in [-0.2, -0.15) is 4.57 Å². The number of fused-ring (bicyclic) bond motifs is 1. The monoisotopic (exact) mass is 335 g/mol. The van der Waals surface area contributed by atoms with Crippen LogP contribution in [0.3, 0.4) is 0 Å². The molecule has 0 atom stereocenters. The number of non-ortho nitro benzene ring substituents is 1. The first-order chi connectivity index (χ1) is 12.1. The quantitative estimate of drug-likeness (QED) is 0.400. The lowest BCUT2D eigenvalue weighted by atomic mass is 10.1. The molecule has 0 saturated carbocycles. The van der Waals surface area contributed by atoms with Crippen LogP contribution in [0.4, 0.5) is 5.69 Å². The molecule has 0 N–H and O–H groups in total. The molecule has 0 aliphatic carbocycles. The Labute approximate surface area is 146 Å². The number of rotatable bonds is 5. The number of pyridine rings is 1. The number of ether oxygens (including phenoxy) is 1. The molecule has 1 aromatic heterocycles. The summed E-state index contributed by atoms with van der Waals surface area (Å²) in [5.41, 5.74) is 2.97. The van der Waals surface area contributed by atoms with Crippen molar-refractivity contribution in [3.63, 3.8) is 0 Å². The summed E-state index contributed by atoms with van der Waals surface area (Å²) >= 11 is 0. The van der Waals surface area contributed by atoms with Gasteiger partial charge in [0.1, 0.15) is 12.8 Å². The summed E-state index contributed by atoms with van der Waals surface area (Å²) in [6.45, 7) is 2.60. The molecule has 1 heterocycles. The third kappa shape index (κ3) is 3.66. The second-order valence-electron chi connectivity index (χ2n) is 5.66. The lowest BCUT2D eigenvalue weighted by molar-refractivity contribution is -0.646. The topological polar surface area (TPSA) is 56.3 Å². The third-order valence-electron chi connectivity index (χ3n) is 4.02. The normalized spacial score (nSPS) is 11.1. The Bertz CT molecular complexity index is 964. The number of hydrogen-bond acceptors (Lipinski definition) is 3. The zero-order valence-electron chi connectivity index (χ0n) is 14.2. The molecule has 2 aromatic carbocycles. The maximum atomic E-state index is 10.9. The number of nitro benzene ring substituents is 1. The molecule has 0 unspecified atom stereocenters. The molecule has 0 spiro atoms. The van der Waals surface area contributed by atoms with Gasteiger partial charge in [-0.1, -0.05) is 12.1 Å². The van der Waals surface area contributed by atoms with Crippen molar-refractivity contribution < 1.29 is 14.2 Å². The van der Waals surface area contributed by atoms with Gasteiger partial charge < -0.3 is 4.74 Å². The highest BCUT2D eigenvalue weighted by molar-refractivity contribution is 5.79. The number of hydrogen-bond donors (Lipinski definition) is 0. The predicted molar refractivity (Wildman–Crippen MR) is 98.3 cm³/mol. The van der Waals surface area contributed by atoms with Crippen LogP contribution in [-0.2, 0) is 7.05 Å². The number of aromatic nitrogens is 1. The van der Waals surface area contributed by atoms with Gasteiger partial charge in [0.05, 0.1) is 16.9 Å². The van der Waals surface area contributed by atoms with E-state index in [1.54, 1.807) is 12.1 Å². The van der Waals surface area contributed by atoms with Crippen molar-refractivity contribution in [2.75, 3.05) is 6.61 Å². The fourth-order valence-corrected chi connectivity index (χ4v) is 2.75. The fourth-order valence-electron chi connectivity index (χ4n) is 2.75. The van der Waals surface area contributed by atoms with Gasteiger partial charge in [-0.05, 0) is 36.8 Å². The highest BCUT2D eigenvalue weighted by atomic mass is 16.6. The third-order valence-corrected chi connectivity index (χ3v) is 4.02. The van der Waals surface area contributed by atoms with E-state index in [4.69, 9.17) is 4.74 Å². The van der Waals surface area contributed by atoms with Crippen LogP contribution < -0.4 is 9.30 Å². The molecule has 0 aliphatic rings. The first kappa shape index (κ1) is 16.6. The molecule has 0 bridgehead atoms. The highest BCUT2D eigenvalue weighted by Crippen LogP contribution is 2.20. The van der Waals surface area contributed by atoms with Crippen molar-refractivity contribution in [2.24, 2.45) is 7.05 Å². The van der Waals surface area contributed by atoms with Crippen molar-refractivity contribution in [1.29, 1.82) is 0 Å². The summed E-state index contributed by atoms with van der Waals surface area (Å²) in [7, 11) is 2.00. The predicted octanol–water partition coefficient (Wildman–Crippen LogP) is 4.14. The van der Waals surface area contributed by atoms with Crippen LogP contribution in [0.25, 0.3) is 23.1 Å². The molecule has 25 heavy (non-hydrogen) atoms.